The first-order valence-electron chi connectivity index (χ1n) is 7.87. The average Bonchev–Trinajstić information content (AvgIpc) is 2.99. The lowest BCUT2D eigenvalue weighted by Crippen LogP contribution is -2.05. The second-order valence-electron chi connectivity index (χ2n) is 5.35. The van der Waals surface area contributed by atoms with E-state index >= 15 is 0 Å². The Morgan fingerprint density at radius 2 is 1.96 bits per heavy atom. The molecule has 8 nitrogen and oxygen atoms in total. The van der Waals surface area contributed by atoms with Crippen LogP contribution in [-0.4, -0.2) is 34.1 Å². The zero-order valence-electron chi connectivity index (χ0n) is 13.8. The average molecular weight is 341 g/mol. The van der Waals surface area contributed by atoms with Crippen molar-refractivity contribution in [2.45, 2.75) is 13.3 Å². The number of anilines is 2. The van der Waals surface area contributed by atoms with E-state index in [9.17, 15) is 4.79 Å². The van der Waals surface area contributed by atoms with Crippen LogP contribution in [0.2, 0.25) is 0 Å². The number of carbonyl (C=O) groups is 1. The minimum atomic E-state index is -0.345. The van der Waals surface area contributed by atoms with Gasteiger partial charge in [-0.15, -0.1) is 0 Å². The zero-order valence-corrected chi connectivity index (χ0v) is 13.8. The highest BCUT2D eigenvalue weighted by Gasteiger charge is 2.11. The fourth-order valence-corrected chi connectivity index (χ4v) is 2.52. The number of esters is 1. The van der Waals surface area contributed by atoms with Gasteiger partial charge in [0.25, 0.3) is 0 Å². The van der Waals surface area contributed by atoms with E-state index in [1.54, 1.807) is 31.2 Å². The molecule has 0 atom stereocenters. The molecule has 3 rings (SSSR count). The van der Waals surface area contributed by atoms with E-state index in [0.29, 0.717) is 42.4 Å². The molecule has 0 unspecified atom stereocenters. The van der Waals surface area contributed by atoms with Crippen molar-refractivity contribution in [3.05, 3.63) is 41.6 Å². The normalized spacial score (nSPS) is 10.8. The Bertz CT molecular complexity index is 889. The van der Waals surface area contributed by atoms with Gasteiger partial charge in [-0.3, -0.25) is 0 Å². The van der Waals surface area contributed by atoms with Crippen molar-refractivity contribution >= 4 is 28.8 Å². The molecule has 2 heterocycles. The van der Waals surface area contributed by atoms with Crippen LogP contribution in [-0.2, 0) is 11.2 Å². The van der Waals surface area contributed by atoms with Crippen molar-refractivity contribution in [1.82, 2.24) is 15.0 Å². The summed E-state index contributed by atoms with van der Waals surface area (Å²) in [5.74, 6) is 0.804. The maximum atomic E-state index is 11.6. The van der Waals surface area contributed by atoms with Gasteiger partial charge in [-0.1, -0.05) is 0 Å². The lowest BCUT2D eigenvalue weighted by atomic mass is 10.2. The molecular formula is C17H19N5O3. The van der Waals surface area contributed by atoms with Gasteiger partial charge in [-0.25, -0.2) is 4.79 Å². The summed E-state index contributed by atoms with van der Waals surface area (Å²) in [4.78, 5) is 22.7. The summed E-state index contributed by atoms with van der Waals surface area (Å²) in [5.41, 5.74) is 13.6. The van der Waals surface area contributed by atoms with Crippen LogP contribution in [0.4, 0.5) is 11.8 Å². The van der Waals surface area contributed by atoms with Crippen molar-refractivity contribution < 1.29 is 14.3 Å². The van der Waals surface area contributed by atoms with Gasteiger partial charge in [-0.05, 0) is 36.8 Å². The number of ether oxygens (including phenoxy) is 2. The third kappa shape index (κ3) is 3.63. The van der Waals surface area contributed by atoms with Gasteiger partial charge in [0.1, 0.15) is 17.2 Å². The molecule has 3 aromatic rings. The van der Waals surface area contributed by atoms with Crippen LogP contribution < -0.4 is 16.2 Å². The van der Waals surface area contributed by atoms with Crippen LogP contribution in [0.5, 0.6) is 5.75 Å². The van der Waals surface area contributed by atoms with E-state index < -0.39 is 0 Å². The third-order valence-electron chi connectivity index (χ3n) is 3.66. The van der Waals surface area contributed by atoms with Gasteiger partial charge >= 0.3 is 5.97 Å². The van der Waals surface area contributed by atoms with E-state index in [4.69, 9.17) is 20.9 Å². The molecule has 0 aliphatic heterocycles. The fraction of sp³-hybridized carbons (Fsp3) is 0.235. The van der Waals surface area contributed by atoms with Crippen LogP contribution in [0.3, 0.4) is 0 Å². The minimum Gasteiger partial charge on any atom is -0.493 e. The van der Waals surface area contributed by atoms with Crippen LogP contribution in [0, 0.1) is 0 Å². The maximum Gasteiger partial charge on any atom is 0.338 e. The Morgan fingerprint density at radius 3 is 2.68 bits per heavy atom. The van der Waals surface area contributed by atoms with Crippen LogP contribution >= 0.6 is 0 Å². The van der Waals surface area contributed by atoms with Crippen molar-refractivity contribution in [2.75, 3.05) is 24.7 Å². The molecule has 0 fully saturated rings. The highest BCUT2D eigenvalue weighted by Crippen LogP contribution is 2.23. The molecule has 0 spiro atoms. The largest absolute Gasteiger partial charge is 0.493 e. The number of aromatic amines is 1. The second-order valence-corrected chi connectivity index (χ2v) is 5.35. The lowest BCUT2D eigenvalue weighted by Gasteiger charge is -2.07. The Balaban J connectivity index is 1.63. The smallest absolute Gasteiger partial charge is 0.338 e. The number of hydrogen-bond donors (Lipinski definition) is 3. The molecular weight excluding hydrogens is 322 g/mol. The summed E-state index contributed by atoms with van der Waals surface area (Å²) < 4.78 is 10.7. The van der Waals surface area contributed by atoms with Crippen molar-refractivity contribution in [1.29, 1.82) is 0 Å². The molecule has 130 valence electrons. The van der Waals surface area contributed by atoms with Crippen molar-refractivity contribution in [3.63, 3.8) is 0 Å². The molecule has 0 saturated heterocycles. The minimum absolute atomic E-state index is 0.135. The number of nitrogens with one attached hydrogen (secondary N) is 1. The number of carbonyl (C=O) groups excluding carboxylic acids is 1. The fourth-order valence-electron chi connectivity index (χ4n) is 2.52. The van der Waals surface area contributed by atoms with E-state index in [0.717, 1.165) is 10.9 Å². The second kappa shape index (κ2) is 7.08. The summed E-state index contributed by atoms with van der Waals surface area (Å²) >= 11 is 0. The Kier molecular flexibility index (Phi) is 4.69. The first-order valence-corrected chi connectivity index (χ1v) is 7.87. The van der Waals surface area contributed by atoms with Gasteiger partial charge in [0.2, 0.25) is 5.95 Å². The first-order chi connectivity index (χ1) is 12.1. The monoisotopic (exact) mass is 341 g/mol. The Hall–Kier alpha value is -3.29. The number of fused-ring (bicyclic) bond motifs is 1. The molecule has 5 N–H and O–H groups in total. The predicted octanol–water partition coefficient (Wildman–Crippen LogP) is 1.92. The van der Waals surface area contributed by atoms with Crippen LogP contribution in [0.25, 0.3) is 11.0 Å². The van der Waals surface area contributed by atoms with Crippen molar-refractivity contribution in [3.8, 4) is 5.75 Å². The van der Waals surface area contributed by atoms with E-state index in [-0.39, 0.29) is 11.9 Å². The zero-order chi connectivity index (χ0) is 17.8. The number of nitrogen functional groups attached to an aromatic ring is 2. The van der Waals surface area contributed by atoms with E-state index in [1.807, 2.05) is 6.20 Å². The van der Waals surface area contributed by atoms with Gasteiger partial charge in [-0.2, -0.15) is 9.97 Å². The molecule has 0 aliphatic carbocycles. The van der Waals surface area contributed by atoms with Gasteiger partial charge in [0.05, 0.1) is 24.2 Å². The lowest BCUT2D eigenvalue weighted by molar-refractivity contribution is 0.0526. The predicted molar refractivity (Wildman–Crippen MR) is 94.3 cm³/mol. The maximum absolute atomic E-state index is 11.6. The molecule has 0 amide bonds. The number of rotatable bonds is 6. The number of nitrogens with two attached hydrogens (primary N) is 2. The molecule has 2 aromatic heterocycles. The summed E-state index contributed by atoms with van der Waals surface area (Å²) in [6, 6.07) is 6.82. The van der Waals surface area contributed by atoms with E-state index in [1.165, 1.54) is 0 Å². The molecule has 8 heteroatoms. The number of nitrogens with zero attached hydrogens (tertiary/aromatic N) is 2. The summed E-state index contributed by atoms with van der Waals surface area (Å²) in [5, 5.41) is 0.760. The molecule has 0 radical (unpaired) electrons. The number of hydrogen-bond acceptors (Lipinski definition) is 7. The highest BCUT2D eigenvalue weighted by molar-refractivity contribution is 5.90. The SMILES string of the molecule is CCOC(=O)c1ccc(OCCc2c[nH]c3nc(N)nc(N)c23)cc1. The summed E-state index contributed by atoms with van der Waals surface area (Å²) in [6.07, 6.45) is 2.44. The molecule has 0 saturated carbocycles. The van der Waals surface area contributed by atoms with E-state index in [2.05, 4.69) is 15.0 Å². The standard InChI is InChI=1S/C17H19N5O3/c1-2-24-16(23)10-3-5-12(6-4-10)25-8-7-11-9-20-15-13(11)14(18)21-17(19)22-15/h3-6,9H,2,7-8H2,1H3,(H5,18,19,20,21,22). The van der Waals surface area contributed by atoms with Crippen molar-refractivity contribution in [2.24, 2.45) is 0 Å². The molecule has 0 aliphatic rings. The topological polar surface area (TPSA) is 129 Å². The number of benzene rings is 1. The Morgan fingerprint density at radius 1 is 1.20 bits per heavy atom. The highest BCUT2D eigenvalue weighted by atomic mass is 16.5. The quantitative estimate of drug-likeness (QED) is 0.584. The Labute approximate surface area is 144 Å². The van der Waals surface area contributed by atoms with Gasteiger partial charge < -0.3 is 25.9 Å². The number of aromatic nitrogens is 3. The summed E-state index contributed by atoms with van der Waals surface area (Å²) in [7, 11) is 0. The van der Waals surface area contributed by atoms with Crippen LogP contribution in [0.1, 0.15) is 22.8 Å². The molecule has 1 aromatic carbocycles. The van der Waals surface area contributed by atoms with Crippen LogP contribution in [0.15, 0.2) is 30.5 Å². The molecule has 0 bridgehead atoms. The first kappa shape index (κ1) is 16.6. The number of H-pyrrole nitrogens is 1. The summed E-state index contributed by atoms with van der Waals surface area (Å²) in [6.45, 7) is 2.56. The third-order valence-corrected chi connectivity index (χ3v) is 3.66. The van der Waals surface area contributed by atoms with Gasteiger partial charge in [0, 0.05) is 12.6 Å². The molecule has 25 heavy (non-hydrogen) atoms. The van der Waals surface area contributed by atoms with Gasteiger partial charge in [0.15, 0.2) is 0 Å².